The minimum absolute atomic E-state index is 0.0898. The number of thiol groups is 3. The second-order valence-corrected chi connectivity index (χ2v) is 15.2. The molecule has 1 aromatic heterocycles. The number of hydrogen-bond donors (Lipinski definition) is 3. The third-order valence-corrected chi connectivity index (χ3v) is 11.1. The van der Waals surface area contributed by atoms with Crippen molar-refractivity contribution in [3.63, 3.8) is 0 Å². The zero-order valence-corrected chi connectivity index (χ0v) is 31.2. The lowest BCUT2D eigenvalue weighted by Gasteiger charge is -2.26. The van der Waals surface area contributed by atoms with Crippen LogP contribution in [0.1, 0.15) is 37.6 Å². The second kappa shape index (κ2) is 17.9. The maximum absolute atomic E-state index is 15.5. The van der Waals surface area contributed by atoms with E-state index in [2.05, 4.69) is 53.8 Å². The van der Waals surface area contributed by atoms with Gasteiger partial charge >= 0.3 is 13.3 Å². The van der Waals surface area contributed by atoms with Crippen molar-refractivity contribution in [2.24, 2.45) is 4.99 Å². The number of carbonyl (C=O) groups excluding carboxylic acids is 2. The number of benzene rings is 2. The standard InChI is InChI=1S/C29H30BrF2N2O3PS4.2CH2O/c1-4-36-38(35,37-5-2)29(31,32)22-10-8-19(15-23(22)30)17-34-24(20-7-6-13-28(3,41)14-12-20)18-42-27(34)33-21-9-11-25(39)26(40)16-21;2*1-2/h6-16,18,39-41H,4-5,17H2,1-3H3;2*1H2. The van der Waals surface area contributed by atoms with Crippen LogP contribution < -0.4 is 4.80 Å². The van der Waals surface area contributed by atoms with Gasteiger partial charge in [0.05, 0.1) is 31.1 Å². The number of rotatable bonds is 10. The van der Waals surface area contributed by atoms with E-state index in [0.29, 0.717) is 21.9 Å². The Bertz CT molecular complexity index is 1710. The summed E-state index contributed by atoms with van der Waals surface area (Å²) in [5, 5.41) is 2.01. The minimum atomic E-state index is -4.76. The van der Waals surface area contributed by atoms with Crippen molar-refractivity contribution in [1.29, 1.82) is 0 Å². The van der Waals surface area contributed by atoms with E-state index in [1.165, 1.54) is 31.3 Å². The summed E-state index contributed by atoms with van der Waals surface area (Å²) in [6.07, 6.45) is 9.97. The fourth-order valence-electron chi connectivity index (χ4n) is 4.15. The third kappa shape index (κ3) is 9.76. The van der Waals surface area contributed by atoms with Crippen LogP contribution in [0.3, 0.4) is 0 Å². The molecule has 4 rings (SSSR count). The van der Waals surface area contributed by atoms with Gasteiger partial charge in [-0.05, 0) is 56.2 Å². The molecule has 7 nitrogen and oxygen atoms in total. The summed E-state index contributed by atoms with van der Waals surface area (Å²) in [4.78, 5) is 23.0. The fourth-order valence-corrected chi connectivity index (χ4v) is 7.98. The first-order valence-electron chi connectivity index (χ1n) is 13.5. The normalized spacial score (nSPS) is 16.5. The van der Waals surface area contributed by atoms with Crippen molar-refractivity contribution < 1.29 is 32.0 Å². The second-order valence-electron chi connectivity index (χ2n) is 9.50. The molecule has 3 aromatic rings. The number of thiazole rings is 1. The van der Waals surface area contributed by atoms with Gasteiger partial charge in [-0.2, -0.15) is 21.4 Å². The quantitative estimate of drug-likeness (QED) is 0.141. The van der Waals surface area contributed by atoms with Gasteiger partial charge in [0.15, 0.2) is 4.80 Å². The van der Waals surface area contributed by atoms with Gasteiger partial charge in [0.1, 0.15) is 13.6 Å². The summed E-state index contributed by atoms with van der Waals surface area (Å²) in [6.45, 7) is 8.95. The molecule has 1 aliphatic carbocycles. The van der Waals surface area contributed by atoms with Gasteiger partial charge in [-0.15, -0.1) is 36.6 Å². The molecule has 2 aromatic carbocycles. The Labute approximate surface area is 296 Å². The first-order valence-corrected chi connectivity index (χ1v) is 18.1. The van der Waals surface area contributed by atoms with E-state index in [1.54, 1.807) is 12.1 Å². The third-order valence-electron chi connectivity index (χ3n) is 6.23. The van der Waals surface area contributed by atoms with Crippen molar-refractivity contribution in [2.45, 2.75) is 47.5 Å². The topological polar surface area (TPSA) is 87.0 Å². The molecule has 1 heterocycles. The Morgan fingerprint density at radius 3 is 2.28 bits per heavy atom. The summed E-state index contributed by atoms with van der Waals surface area (Å²) >= 11 is 18.3. The van der Waals surface area contributed by atoms with E-state index in [4.69, 9.17) is 23.6 Å². The highest BCUT2D eigenvalue weighted by Gasteiger charge is 2.55. The smallest absolute Gasteiger partial charge is 0.312 e. The van der Waals surface area contributed by atoms with Gasteiger partial charge in [-0.3, -0.25) is 4.57 Å². The maximum atomic E-state index is 15.5. The van der Waals surface area contributed by atoms with Crippen molar-refractivity contribution in [2.75, 3.05) is 13.2 Å². The van der Waals surface area contributed by atoms with E-state index in [1.807, 2.05) is 79.0 Å². The molecule has 1 atom stereocenters. The SMILES string of the molecule is C=O.C=O.CCOP(=O)(OCC)C(F)(F)c1ccc(Cn2c(C3=CC=CC(C)(S)C=C3)csc2=Nc2ccc(S)c(S)c2)cc1Br. The van der Waals surface area contributed by atoms with Gasteiger partial charge in [0.25, 0.3) is 0 Å². The number of carbonyl (C=O) groups is 2. The van der Waals surface area contributed by atoms with Crippen LogP contribution in [0.2, 0.25) is 0 Å². The van der Waals surface area contributed by atoms with E-state index in [9.17, 15) is 4.57 Å². The van der Waals surface area contributed by atoms with Crippen LogP contribution >= 0.6 is 72.7 Å². The van der Waals surface area contributed by atoms with Crippen LogP contribution in [0.5, 0.6) is 0 Å². The summed E-state index contributed by atoms with van der Waals surface area (Å²) in [6, 6.07) is 9.94. The highest BCUT2D eigenvalue weighted by atomic mass is 79.9. The average Bonchev–Trinajstić information content (AvgIpc) is 3.29. The number of nitrogens with zero attached hydrogens (tertiary/aromatic N) is 2. The van der Waals surface area contributed by atoms with Gasteiger partial charge in [-0.25, -0.2) is 4.99 Å². The van der Waals surface area contributed by atoms with Crippen LogP contribution in [0, 0.1) is 0 Å². The first-order chi connectivity index (χ1) is 21.8. The summed E-state index contributed by atoms with van der Waals surface area (Å²) in [5.74, 6) is 0. The van der Waals surface area contributed by atoms with Crippen LogP contribution in [-0.4, -0.2) is 36.1 Å². The molecule has 1 unspecified atom stereocenters. The van der Waals surface area contributed by atoms with Crippen molar-refractivity contribution in [1.82, 2.24) is 4.57 Å². The molecular weight excluding hydrogens is 757 g/mol. The zero-order valence-electron chi connectivity index (χ0n) is 25.2. The highest BCUT2D eigenvalue weighted by molar-refractivity contribution is 9.10. The molecule has 0 amide bonds. The molecule has 0 spiro atoms. The molecule has 248 valence electrons. The number of allylic oxidation sites excluding steroid dienone is 4. The number of hydrogen-bond acceptors (Lipinski definition) is 10. The van der Waals surface area contributed by atoms with Crippen LogP contribution in [0.4, 0.5) is 14.5 Å². The molecule has 0 aliphatic heterocycles. The van der Waals surface area contributed by atoms with Crippen LogP contribution in [0.15, 0.2) is 91.4 Å². The monoisotopic (exact) mass is 790 g/mol. The molecular formula is C31H34BrF2N2O5PS4. The first kappa shape index (κ1) is 40.1. The van der Waals surface area contributed by atoms with Crippen molar-refractivity contribution >= 4 is 97.6 Å². The Morgan fingerprint density at radius 1 is 1.04 bits per heavy atom. The number of aromatic nitrogens is 1. The molecule has 15 heteroatoms. The fraction of sp³-hybridized carbons (Fsp3) is 0.258. The van der Waals surface area contributed by atoms with E-state index < -0.39 is 23.6 Å². The van der Waals surface area contributed by atoms with Crippen molar-refractivity contribution in [3.8, 4) is 0 Å². The maximum Gasteiger partial charge on any atom is 0.404 e. The molecule has 0 saturated carbocycles. The van der Waals surface area contributed by atoms with E-state index in [0.717, 1.165) is 21.7 Å². The largest absolute Gasteiger partial charge is 0.404 e. The van der Waals surface area contributed by atoms with E-state index in [-0.39, 0.29) is 17.7 Å². The van der Waals surface area contributed by atoms with E-state index >= 15 is 8.78 Å². The molecule has 1 aliphatic rings. The van der Waals surface area contributed by atoms with Gasteiger partial charge in [0.2, 0.25) is 0 Å². The molecule has 0 N–H and O–H groups in total. The van der Waals surface area contributed by atoms with Crippen LogP contribution in [0.25, 0.3) is 5.57 Å². The molecule has 0 radical (unpaired) electrons. The average molecular weight is 792 g/mol. The van der Waals surface area contributed by atoms with Gasteiger partial charge in [-0.1, -0.05) is 58.4 Å². The van der Waals surface area contributed by atoms with Gasteiger partial charge in [0, 0.05) is 30.0 Å². The Hall–Kier alpha value is -2.03. The lowest BCUT2D eigenvalue weighted by atomic mass is 10.1. The molecule has 46 heavy (non-hydrogen) atoms. The Morgan fingerprint density at radius 2 is 1.70 bits per heavy atom. The lowest BCUT2D eigenvalue weighted by Crippen LogP contribution is -2.20. The van der Waals surface area contributed by atoms with Gasteiger partial charge < -0.3 is 23.2 Å². The minimum Gasteiger partial charge on any atom is -0.312 e. The number of alkyl halides is 2. The zero-order chi connectivity index (χ0) is 34.7. The summed E-state index contributed by atoms with van der Waals surface area (Å²) in [5.41, 5.74) is -1.07. The van der Waals surface area contributed by atoms with Crippen molar-refractivity contribution in [3.05, 3.63) is 98.3 Å². The molecule has 0 bridgehead atoms. The Kier molecular flexibility index (Phi) is 15.6. The van der Waals surface area contributed by atoms with Crippen LogP contribution in [-0.2, 0) is 35.4 Å². The molecule has 0 fully saturated rings. The predicted molar refractivity (Wildman–Crippen MR) is 194 cm³/mol. The summed E-state index contributed by atoms with van der Waals surface area (Å²) in [7, 11) is -4.76. The predicted octanol–water partition coefficient (Wildman–Crippen LogP) is 9.31. The number of halogens is 3. The Balaban J connectivity index is 0.00000177. The molecule has 0 saturated heterocycles. The lowest BCUT2D eigenvalue weighted by molar-refractivity contribution is -0.0987. The highest BCUT2D eigenvalue weighted by Crippen LogP contribution is 2.67. The summed E-state index contributed by atoms with van der Waals surface area (Å²) < 4.78 is 55.7.